The van der Waals surface area contributed by atoms with Crippen molar-refractivity contribution in [3.63, 3.8) is 0 Å². The quantitative estimate of drug-likeness (QED) is 0.324. The largest absolute Gasteiger partial charge is 0.395 e. The highest BCUT2D eigenvalue weighted by Crippen LogP contribution is 1.93. The summed E-state index contributed by atoms with van der Waals surface area (Å²) in [7, 11) is 0. The van der Waals surface area contributed by atoms with Gasteiger partial charge >= 0.3 is 0 Å². The molecule has 0 saturated carbocycles. The molecule has 0 rings (SSSR count). The molecule has 5 heteroatoms. The summed E-state index contributed by atoms with van der Waals surface area (Å²) >= 11 is 0. The monoisotopic (exact) mass is 149 g/mol. The molecule has 0 spiro atoms. The zero-order chi connectivity index (χ0) is 8.15. The Balaban J connectivity index is 3.80. The minimum absolute atomic E-state index is 0.167. The SMILES string of the molecule is N[C@H](CO)[C@H](O)[C@@H](O)C=O. The molecule has 0 aromatic heterocycles. The first-order chi connectivity index (χ1) is 4.63. The molecule has 0 fully saturated rings. The summed E-state index contributed by atoms with van der Waals surface area (Å²) in [4.78, 5) is 9.82. The van der Waals surface area contributed by atoms with Gasteiger partial charge in [0.05, 0.1) is 12.6 Å². The van der Waals surface area contributed by atoms with E-state index in [4.69, 9.17) is 21.1 Å². The van der Waals surface area contributed by atoms with Crippen molar-refractivity contribution >= 4 is 6.29 Å². The van der Waals surface area contributed by atoms with Gasteiger partial charge in [-0.05, 0) is 0 Å². The highest BCUT2D eigenvalue weighted by Gasteiger charge is 2.21. The number of hydrogen-bond acceptors (Lipinski definition) is 5. The fraction of sp³-hybridized carbons (Fsp3) is 0.800. The molecule has 0 heterocycles. The van der Waals surface area contributed by atoms with Crippen LogP contribution in [0.5, 0.6) is 0 Å². The second-order valence-corrected chi connectivity index (χ2v) is 1.96. The number of carbonyl (C=O) groups is 1. The molecule has 0 aliphatic rings. The Labute approximate surface area is 58.1 Å². The van der Waals surface area contributed by atoms with E-state index in [1.165, 1.54) is 0 Å². The van der Waals surface area contributed by atoms with Gasteiger partial charge in [-0.25, -0.2) is 0 Å². The molecule has 60 valence electrons. The van der Waals surface area contributed by atoms with Gasteiger partial charge in [0.15, 0.2) is 6.29 Å². The van der Waals surface area contributed by atoms with Crippen molar-refractivity contribution in [1.29, 1.82) is 0 Å². The van der Waals surface area contributed by atoms with Crippen LogP contribution >= 0.6 is 0 Å². The number of hydrogen-bond donors (Lipinski definition) is 4. The van der Waals surface area contributed by atoms with Crippen molar-refractivity contribution in [2.45, 2.75) is 18.2 Å². The predicted molar refractivity (Wildman–Crippen MR) is 33.1 cm³/mol. The van der Waals surface area contributed by atoms with Crippen molar-refractivity contribution in [3.05, 3.63) is 0 Å². The van der Waals surface area contributed by atoms with Crippen molar-refractivity contribution in [1.82, 2.24) is 0 Å². The van der Waals surface area contributed by atoms with Crippen LogP contribution in [0.15, 0.2) is 0 Å². The lowest BCUT2D eigenvalue weighted by atomic mass is 10.1. The van der Waals surface area contributed by atoms with E-state index in [1.807, 2.05) is 0 Å². The third-order valence-corrected chi connectivity index (χ3v) is 1.14. The minimum Gasteiger partial charge on any atom is -0.395 e. The highest BCUT2D eigenvalue weighted by molar-refractivity contribution is 5.56. The Kier molecular flexibility index (Phi) is 4.13. The van der Waals surface area contributed by atoms with Crippen LogP contribution in [0.1, 0.15) is 0 Å². The smallest absolute Gasteiger partial charge is 0.151 e. The van der Waals surface area contributed by atoms with Crippen LogP contribution < -0.4 is 5.73 Å². The molecule has 5 N–H and O–H groups in total. The summed E-state index contributed by atoms with van der Waals surface area (Å²) in [6.45, 7) is -0.466. The van der Waals surface area contributed by atoms with Crippen LogP contribution in [0.25, 0.3) is 0 Å². The zero-order valence-corrected chi connectivity index (χ0v) is 5.34. The van der Waals surface area contributed by atoms with Crippen molar-refractivity contribution in [2.24, 2.45) is 5.73 Å². The van der Waals surface area contributed by atoms with Crippen LogP contribution in [0.2, 0.25) is 0 Å². The molecule has 0 bridgehead atoms. The van der Waals surface area contributed by atoms with Gasteiger partial charge in [0.1, 0.15) is 12.2 Å². The Hall–Kier alpha value is -0.490. The van der Waals surface area contributed by atoms with Gasteiger partial charge in [0.25, 0.3) is 0 Å². The van der Waals surface area contributed by atoms with Crippen molar-refractivity contribution < 1.29 is 20.1 Å². The topological polar surface area (TPSA) is 104 Å². The van der Waals surface area contributed by atoms with E-state index in [0.717, 1.165) is 0 Å². The van der Waals surface area contributed by atoms with Crippen LogP contribution in [-0.2, 0) is 4.79 Å². The van der Waals surface area contributed by atoms with E-state index in [9.17, 15) is 4.79 Å². The van der Waals surface area contributed by atoms with Gasteiger partial charge in [0, 0.05) is 0 Å². The Morgan fingerprint density at radius 2 is 2.00 bits per heavy atom. The van der Waals surface area contributed by atoms with E-state index in [-0.39, 0.29) is 6.29 Å². The normalized spacial score (nSPS) is 19.6. The molecular weight excluding hydrogens is 138 g/mol. The lowest BCUT2D eigenvalue weighted by Crippen LogP contribution is -2.45. The Morgan fingerprint density at radius 1 is 1.50 bits per heavy atom. The molecule has 0 aromatic rings. The van der Waals surface area contributed by atoms with Gasteiger partial charge in [0.2, 0.25) is 0 Å². The minimum atomic E-state index is -1.51. The molecule has 0 amide bonds. The maximum Gasteiger partial charge on any atom is 0.151 e. The number of carbonyl (C=O) groups excluding carboxylic acids is 1. The standard InChI is InChI=1S/C5H11NO4/c6-3(1-7)5(10)4(9)2-8/h2-5,7,9-10H,1,6H2/t3-,4+,5+/m1/s1. The maximum absolute atomic E-state index is 9.82. The zero-order valence-electron chi connectivity index (χ0n) is 5.34. The summed E-state index contributed by atoms with van der Waals surface area (Å²) in [6.07, 6.45) is -2.73. The van der Waals surface area contributed by atoms with Gasteiger partial charge in [-0.2, -0.15) is 0 Å². The molecule has 10 heavy (non-hydrogen) atoms. The maximum atomic E-state index is 9.82. The lowest BCUT2D eigenvalue weighted by Gasteiger charge is -2.17. The first-order valence-electron chi connectivity index (χ1n) is 2.81. The number of aliphatic hydroxyl groups is 3. The molecule has 0 saturated heterocycles. The summed E-state index contributed by atoms with van der Waals surface area (Å²) in [5.74, 6) is 0. The molecule has 0 aliphatic heterocycles. The molecule has 0 aliphatic carbocycles. The third kappa shape index (κ3) is 2.40. The van der Waals surface area contributed by atoms with Crippen LogP contribution in [0, 0.1) is 0 Å². The number of rotatable bonds is 4. The van der Waals surface area contributed by atoms with Gasteiger partial charge in [-0.1, -0.05) is 0 Å². The fourth-order valence-electron chi connectivity index (χ4n) is 0.442. The van der Waals surface area contributed by atoms with Gasteiger partial charge in [-0.3, -0.25) is 0 Å². The lowest BCUT2D eigenvalue weighted by molar-refractivity contribution is -0.121. The van der Waals surface area contributed by atoms with E-state index in [2.05, 4.69) is 0 Å². The van der Waals surface area contributed by atoms with Crippen LogP contribution in [0.3, 0.4) is 0 Å². The van der Waals surface area contributed by atoms with E-state index >= 15 is 0 Å². The van der Waals surface area contributed by atoms with Crippen LogP contribution in [-0.4, -0.2) is 46.5 Å². The van der Waals surface area contributed by atoms with E-state index < -0.39 is 24.9 Å². The molecule has 3 atom stereocenters. The van der Waals surface area contributed by atoms with Gasteiger partial charge < -0.3 is 25.8 Å². The number of aliphatic hydroxyl groups excluding tert-OH is 3. The summed E-state index contributed by atoms with van der Waals surface area (Å²) in [6, 6.07) is -0.972. The average molecular weight is 149 g/mol. The van der Waals surface area contributed by atoms with Crippen LogP contribution in [0.4, 0.5) is 0 Å². The molecule has 0 aromatic carbocycles. The fourth-order valence-corrected chi connectivity index (χ4v) is 0.442. The average Bonchev–Trinajstić information content (AvgIpc) is 2.00. The number of nitrogens with two attached hydrogens (primary N) is 1. The Bertz CT molecular complexity index is 108. The predicted octanol–water partition coefficient (Wildman–Crippen LogP) is -2.77. The number of aldehydes is 1. The second kappa shape index (κ2) is 4.35. The van der Waals surface area contributed by atoms with Gasteiger partial charge in [-0.15, -0.1) is 0 Å². The molecule has 0 radical (unpaired) electrons. The summed E-state index contributed by atoms with van der Waals surface area (Å²) in [5.41, 5.74) is 5.07. The second-order valence-electron chi connectivity index (χ2n) is 1.96. The Morgan fingerprint density at radius 3 is 2.30 bits per heavy atom. The first-order valence-corrected chi connectivity index (χ1v) is 2.81. The third-order valence-electron chi connectivity index (χ3n) is 1.14. The van der Waals surface area contributed by atoms with Crippen molar-refractivity contribution in [3.8, 4) is 0 Å². The van der Waals surface area contributed by atoms with E-state index in [1.54, 1.807) is 0 Å². The molecular formula is C5H11NO4. The summed E-state index contributed by atoms with van der Waals surface area (Å²) < 4.78 is 0. The molecule has 0 unspecified atom stereocenters. The highest BCUT2D eigenvalue weighted by atomic mass is 16.3. The summed E-state index contributed by atoms with van der Waals surface area (Å²) in [5, 5.41) is 25.8. The molecule has 5 nitrogen and oxygen atoms in total. The van der Waals surface area contributed by atoms with Crippen molar-refractivity contribution in [2.75, 3.05) is 6.61 Å². The first kappa shape index (κ1) is 9.51. The van der Waals surface area contributed by atoms with E-state index in [0.29, 0.717) is 0 Å².